The van der Waals surface area contributed by atoms with E-state index in [9.17, 15) is 46.8 Å². The largest absolute Gasteiger partial charge is 0.417 e. The van der Waals surface area contributed by atoms with Crippen LogP contribution in [0.15, 0.2) is 48.2 Å². The van der Waals surface area contributed by atoms with Gasteiger partial charge < -0.3 is 5.32 Å². The minimum Gasteiger partial charge on any atom is -0.345 e. The molecule has 0 aliphatic carbocycles. The van der Waals surface area contributed by atoms with Crippen molar-refractivity contribution in [1.82, 2.24) is 0 Å². The van der Waals surface area contributed by atoms with Gasteiger partial charge in [-0.15, -0.1) is 4.40 Å². The lowest BCUT2D eigenvalue weighted by Crippen LogP contribution is -2.21. The standard InChI is InChI=1S/C8H6F3N3O4S2.C6H6Cl2N2O4S2/c9-8(10,11)4-1-5-7(2-6(4)19(12,15)16)20(17,18)14-3-13-5;7-4-1-3(15(9,11)12)2-5(6(4)8)16(10,13)14/h1-3H,(H,13,14)(H2,12,15,16);1-2H,(H2,9,11,12)(H2,10,13,14). The van der Waals surface area contributed by atoms with Crippen molar-refractivity contribution in [2.45, 2.75) is 25.8 Å². The summed E-state index contributed by atoms with van der Waals surface area (Å²) in [4.78, 5) is -3.10. The van der Waals surface area contributed by atoms with Crippen LogP contribution < -0.4 is 20.7 Å². The molecule has 0 bridgehead atoms. The van der Waals surface area contributed by atoms with Crippen molar-refractivity contribution < 1.29 is 46.8 Å². The molecule has 0 saturated heterocycles. The third-order valence-electron chi connectivity index (χ3n) is 3.99. The summed E-state index contributed by atoms with van der Waals surface area (Å²) in [7, 11) is -17.3. The Bertz CT molecular complexity index is 1710. The number of anilines is 1. The zero-order chi connectivity index (χ0) is 28.1. The smallest absolute Gasteiger partial charge is 0.345 e. The average molecular weight is 634 g/mol. The van der Waals surface area contributed by atoms with Crippen LogP contribution in [-0.4, -0.2) is 40.0 Å². The molecule has 0 spiro atoms. The maximum atomic E-state index is 12.8. The molecule has 1 aliphatic heterocycles. The number of alkyl halides is 3. The highest BCUT2D eigenvalue weighted by Crippen LogP contribution is 2.39. The second-order valence-electron chi connectivity index (χ2n) is 6.55. The van der Waals surface area contributed by atoms with E-state index in [1.807, 2.05) is 0 Å². The topological polar surface area (TPSA) is 239 Å². The van der Waals surface area contributed by atoms with Crippen molar-refractivity contribution in [3.8, 4) is 0 Å². The molecular formula is C14H12Cl2F3N5O8S4. The lowest BCUT2D eigenvalue weighted by molar-refractivity contribution is -0.139. The van der Waals surface area contributed by atoms with E-state index >= 15 is 0 Å². The number of nitrogens with zero attached hydrogens (tertiary/aromatic N) is 1. The maximum Gasteiger partial charge on any atom is 0.417 e. The fourth-order valence-electron chi connectivity index (χ4n) is 2.48. The molecule has 0 unspecified atom stereocenters. The summed E-state index contributed by atoms with van der Waals surface area (Å²) in [6, 6.07) is 2.39. The summed E-state index contributed by atoms with van der Waals surface area (Å²) in [6.45, 7) is 0. The highest BCUT2D eigenvalue weighted by Gasteiger charge is 2.39. The molecule has 0 saturated carbocycles. The molecule has 0 radical (unpaired) electrons. The quantitative estimate of drug-likeness (QED) is 0.373. The summed E-state index contributed by atoms with van der Waals surface area (Å²) < 4.78 is 131. The highest BCUT2D eigenvalue weighted by atomic mass is 35.5. The Morgan fingerprint density at radius 1 is 0.833 bits per heavy atom. The average Bonchev–Trinajstić information content (AvgIpc) is 2.66. The van der Waals surface area contributed by atoms with Gasteiger partial charge in [0, 0.05) is 0 Å². The Balaban J connectivity index is 0.000000261. The monoisotopic (exact) mass is 633 g/mol. The second-order valence-corrected chi connectivity index (χ2v) is 13.6. The van der Waals surface area contributed by atoms with Gasteiger partial charge in [-0.3, -0.25) is 0 Å². The summed E-state index contributed by atoms with van der Waals surface area (Å²) in [6.07, 6.45) is -4.33. The zero-order valence-electron chi connectivity index (χ0n) is 16.9. The molecule has 0 amide bonds. The Labute approximate surface area is 212 Å². The second kappa shape index (κ2) is 9.68. The van der Waals surface area contributed by atoms with E-state index in [4.69, 9.17) is 38.6 Å². The lowest BCUT2D eigenvalue weighted by atomic mass is 10.2. The molecular weight excluding hydrogens is 622 g/mol. The Morgan fingerprint density at radius 3 is 1.81 bits per heavy atom. The molecule has 0 atom stereocenters. The normalized spacial score (nSPS) is 15.3. The molecule has 3 rings (SSSR count). The molecule has 2 aromatic carbocycles. The van der Waals surface area contributed by atoms with E-state index in [0.717, 1.165) is 12.1 Å². The third-order valence-corrected chi connectivity index (χ3v) is 8.96. The molecule has 13 nitrogen and oxygen atoms in total. The molecule has 2 aromatic rings. The minimum absolute atomic E-state index is 0.266. The molecule has 200 valence electrons. The van der Waals surface area contributed by atoms with Crippen LogP contribution >= 0.6 is 23.2 Å². The van der Waals surface area contributed by atoms with E-state index in [2.05, 4.69) is 9.71 Å². The van der Waals surface area contributed by atoms with Gasteiger partial charge in [-0.05, 0) is 24.3 Å². The number of nitrogens with two attached hydrogens (primary N) is 3. The minimum atomic E-state index is -5.02. The van der Waals surface area contributed by atoms with Crippen LogP contribution in [0.3, 0.4) is 0 Å². The van der Waals surface area contributed by atoms with Gasteiger partial charge in [0.2, 0.25) is 30.1 Å². The van der Waals surface area contributed by atoms with Crippen molar-refractivity contribution in [2.24, 2.45) is 19.8 Å². The van der Waals surface area contributed by atoms with Gasteiger partial charge in [-0.2, -0.15) is 21.6 Å². The predicted molar refractivity (Wildman–Crippen MR) is 121 cm³/mol. The van der Waals surface area contributed by atoms with Crippen LogP contribution in [0.25, 0.3) is 0 Å². The number of nitrogens with one attached hydrogen (secondary N) is 1. The van der Waals surface area contributed by atoms with Gasteiger partial charge >= 0.3 is 6.18 Å². The zero-order valence-corrected chi connectivity index (χ0v) is 21.6. The van der Waals surface area contributed by atoms with Gasteiger partial charge in [0.1, 0.15) is 16.1 Å². The fourth-order valence-corrected chi connectivity index (χ4v) is 6.34. The van der Waals surface area contributed by atoms with Crippen LogP contribution in [-0.2, 0) is 46.3 Å². The van der Waals surface area contributed by atoms with E-state index < -0.39 is 77.1 Å². The first kappa shape index (κ1) is 30.2. The lowest BCUT2D eigenvalue weighted by Gasteiger charge is -2.17. The van der Waals surface area contributed by atoms with Gasteiger partial charge in [0.15, 0.2) is 0 Å². The Morgan fingerprint density at radius 2 is 1.36 bits per heavy atom. The first-order valence-electron chi connectivity index (χ1n) is 8.34. The number of halogens is 5. The summed E-state index contributed by atoms with van der Waals surface area (Å²) >= 11 is 11.1. The van der Waals surface area contributed by atoms with Crippen molar-refractivity contribution >= 4 is 75.3 Å². The summed E-state index contributed by atoms with van der Waals surface area (Å²) in [5.74, 6) is 0. The van der Waals surface area contributed by atoms with Gasteiger partial charge in [0.05, 0.1) is 31.1 Å². The number of fused-ring (bicyclic) bond motifs is 1. The van der Waals surface area contributed by atoms with Crippen molar-refractivity contribution in [1.29, 1.82) is 0 Å². The van der Waals surface area contributed by atoms with Crippen LogP contribution in [0.2, 0.25) is 10.0 Å². The maximum absolute atomic E-state index is 12.8. The summed E-state index contributed by atoms with van der Waals surface area (Å²) in [5, 5.41) is 15.9. The fraction of sp³-hybridized carbons (Fsp3) is 0.0714. The molecule has 1 heterocycles. The SMILES string of the molecule is NS(=O)(=O)c1cc(Cl)c(Cl)c(S(N)(=O)=O)c1.NS(=O)(=O)c1cc2c(cc1C(F)(F)F)NC=NS2(=O)=O. The van der Waals surface area contributed by atoms with Crippen LogP contribution in [0.1, 0.15) is 5.56 Å². The molecule has 0 aromatic heterocycles. The number of rotatable bonds is 3. The number of hydrogen-bond acceptors (Lipinski definition) is 9. The highest BCUT2D eigenvalue weighted by molar-refractivity contribution is 7.91. The van der Waals surface area contributed by atoms with Crippen LogP contribution in [0.5, 0.6) is 0 Å². The molecule has 36 heavy (non-hydrogen) atoms. The summed E-state index contributed by atoms with van der Waals surface area (Å²) in [5.41, 5.74) is -1.99. The van der Waals surface area contributed by atoms with Crippen LogP contribution in [0, 0.1) is 0 Å². The first-order valence-corrected chi connectivity index (χ1v) is 15.2. The van der Waals surface area contributed by atoms with Crippen molar-refractivity contribution in [3.63, 3.8) is 0 Å². The number of primary sulfonamides is 3. The van der Waals surface area contributed by atoms with Gasteiger partial charge in [-0.1, -0.05) is 23.2 Å². The van der Waals surface area contributed by atoms with E-state index in [0.29, 0.717) is 18.5 Å². The van der Waals surface area contributed by atoms with Gasteiger partial charge in [-0.25, -0.2) is 40.7 Å². The number of hydrogen-bond donors (Lipinski definition) is 4. The number of benzene rings is 2. The predicted octanol–water partition coefficient (Wildman–Crippen LogP) is 0.784. The molecule has 22 heteroatoms. The van der Waals surface area contributed by atoms with E-state index in [-0.39, 0.29) is 10.0 Å². The third kappa shape index (κ3) is 6.83. The van der Waals surface area contributed by atoms with E-state index in [1.165, 1.54) is 0 Å². The number of sulfonamides is 4. The molecule has 7 N–H and O–H groups in total. The molecule has 1 aliphatic rings. The van der Waals surface area contributed by atoms with Crippen LogP contribution in [0.4, 0.5) is 18.9 Å². The van der Waals surface area contributed by atoms with Crippen molar-refractivity contribution in [3.05, 3.63) is 39.9 Å². The van der Waals surface area contributed by atoms with E-state index in [1.54, 1.807) is 0 Å². The molecule has 0 fully saturated rings. The van der Waals surface area contributed by atoms with Gasteiger partial charge in [0.25, 0.3) is 10.0 Å². The van der Waals surface area contributed by atoms with Crippen molar-refractivity contribution in [2.75, 3.05) is 5.32 Å². The Hall–Kier alpha value is -2.04. The first-order chi connectivity index (χ1) is 16.0. The Kier molecular flexibility index (Phi) is 8.12.